The first kappa shape index (κ1) is 18.3. The van der Waals surface area contributed by atoms with E-state index in [4.69, 9.17) is 9.15 Å². The number of rotatable bonds is 4. The number of fused-ring (bicyclic) bond motifs is 1. The third kappa shape index (κ3) is 3.39. The van der Waals surface area contributed by atoms with Crippen LogP contribution in [0.15, 0.2) is 69.6 Å². The van der Waals surface area contributed by atoms with Crippen LogP contribution in [0.25, 0.3) is 22.6 Å². The standard InChI is InChI=1S/C22H17BrN2O3/c1-13-15(22-25-18-7-3-4-9-20(18)28-22)6-5-8-17(13)24-21(26)14-10-11-19(27-2)16(23)12-14/h3-12H,1-2H3,(H,24,26). The molecule has 1 aromatic heterocycles. The van der Waals surface area contributed by atoms with Crippen molar-refractivity contribution in [3.05, 3.63) is 76.3 Å². The molecule has 0 unspecified atom stereocenters. The number of oxazole rings is 1. The minimum absolute atomic E-state index is 0.207. The highest BCUT2D eigenvalue weighted by Crippen LogP contribution is 2.31. The maximum Gasteiger partial charge on any atom is 0.255 e. The summed E-state index contributed by atoms with van der Waals surface area (Å²) >= 11 is 3.41. The van der Waals surface area contributed by atoms with Crippen LogP contribution in [0.4, 0.5) is 5.69 Å². The molecule has 4 rings (SSSR count). The second-order valence-electron chi connectivity index (χ2n) is 6.27. The van der Waals surface area contributed by atoms with E-state index in [0.29, 0.717) is 22.9 Å². The lowest BCUT2D eigenvalue weighted by molar-refractivity contribution is 0.102. The van der Waals surface area contributed by atoms with Gasteiger partial charge in [0, 0.05) is 16.8 Å². The van der Waals surface area contributed by atoms with Crippen LogP contribution < -0.4 is 10.1 Å². The molecule has 4 aromatic rings. The number of hydrogen-bond acceptors (Lipinski definition) is 4. The van der Waals surface area contributed by atoms with E-state index in [1.807, 2.05) is 49.4 Å². The van der Waals surface area contributed by atoms with Gasteiger partial charge in [-0.2, -0.15) is 0 Å². The van der Waals surface area contributed by atoms with Crippen LogP contribution in [0.5, 0.6) is 5.75 Å². The number of nitrogens with zero attached hydrogens (tertiary/aromatic N) is 1. The summed E-state index contributed by atoms with van der Waals surface area (Å²) in [6.45, 7) is 1.93. The molecule has 0 atom stereocenters. The number of carbonyl (C=O) groups excluding carboxylic acids is 1. The van der Waals surface area contributed by atoms with Crippen molar-refractivity contribution in [2.75, 3.05) is 12.4 Å². The van der Waals surface area contributed by atoms with Crippen molar-refractivity contribution in [2.45, 2.75) is 6.92 Å². The number of anilines is 1. The lowest BCUT2D eigenvalue weighted by Gasteiger charge is -2.12. The first-order valence-electron chi connectivity index (χ1n) is 8.67. The number of aromatic nitrogens is 1. The van der Waals surface area contributed by atoms with Gasteiger partial charge in [-0.25, -0.2) is 4.98 Å². The maximum absolute atomic E-state index is 12.7. The highest BCUT2D eigenvalue weighted by molar-refractivity contribution is 9.10. The zero-order valence-corrected chi connectivity index (χ0v) is 16.9. The predicted octanol–water partition coefficient (Wildman–Crippen LogP) is 5.83. The van der Waals surface area contributed by atoms with Crippen molar-refractivity contribution in [1.29, 1.82) is 0 Å². The van der Waals surface area contributed by atoms with Gasteiger partial charge in [0.2, 0.25) is 5.89 Å². The van der Waals surface area contributed by atoms with E-state index in [9.17, 15) is 4.79 Å². The van der Waals surface area contributed by atoms with E-state index < -0.39 is 0 Å². The average Bonchev–Trinajstić information content (AvgIpc) is 3.13. The fraction of sp³-hybridized carbons (Fsp3) is 0.0909. The van der Waals surface area contributed by atoms with Gasteiger partial charge >= 0.3 is 0 Å². The number of methoxy groups -OCH3 is 1. The minimum Gasteiger partial charge on any atom is -0.496 e. The molecule has 0 radical (unpaired) electrons. The highest BCUT2D eigenvalue weighted by atomic mass is 79.9. The first-order chi connectivity index (χ1) is 13.6. The molecule has 0 aliphatic heterocycles. The SMILES string of the molecule is COc1ccc(C(=O)Nc2cccc(-c3nc4ccccc4o3)c2C)cc1Br. The molecule has 5 nitrogen and oxygen atoms in total. The minimum atomic E-state index is -0.207. The molecule has 3 aromatic carbocycles. The zero-order valence-electron chi connectivity index (χ0n) is 15.3. The van der Waals surface area contributed by atoms with Crippen LogP contribution in [0.3, 0.4) is 0 Å². The van der Waals surface area contributed by atoms with Crippen LogP contribution in [0.2, 0.25) is 0 Å². The topological polar surface area (TPSA) is 64.4 Å². The number of ether oxygens (including phenoxy) is 1. The van der Waals surface area contributed by atoms with Crippen LogP contribution in [-0.4, -0.2) is 18.0 Å². The van der Waals surface area contributed by atoms with Gasteiger partial charge in [-0.05, 0) is 70.9 Å². The molecule has 0 aliphatic rings. The van der Waals surface area contributed by atoms with Crippen molar-refractivity contribution >= 4 is 38.6 Å². The third-order valence-electron chi connectivity index (χ3n) is 4.52. The molecule has 0 fully saturated rings. The molecular weight excluding hydrogens is 420 g/mol. The van der Waals surface area contributed by atoms with Crippen LogP contribution in [-0.2, 0) is 0 Å². The molecule has 0 bridgehead atoms. The quantitative estimate of drug-likeness (QED) is 0.437. The van der Waals surface area contributed by atoms with Crippen molar-refractivity contribution in [3.8, 4) is 17.2 Å². The number of halogens is 1. The average molecular weight is 437 g/mol. The molecule has 0 spiro atoms. The number of hydrogen-bond donors (Lipinski definition) is 1. The van der Waals surface area contributed by atoms with Gasteiger partial charge in [-0.3, -0.25) is 4.79 Å². The molecule has 0 aliphatic carbocycles. The Morgan fingerprint density at radius 1 is 1.11 bits per heavy atom. The summed E-state index contributed by atoms with van der Waals surface area (Å²) in [6, 6.07) is 18.5. The van der Waals surface area contributed by atoms with Gasteiger partial charge in [0.05, 0.1) is 11.6 Å². The summed E-state index contributed by atoms with van der Waals surface area (Å²) < 4.78 is 11.8. The summed E-state index contributed by atoms with van der Waals surface area (Å²) in [5.41, 5.74) is 4.49. The lowest BCUT2D eigenvalue weighted by atomic mass is 10.1. The smallest absolute Gasteiger partial charge is 0.255 e. The summed E-state index contributed by atoms with van der Waals surface area (Å²) in [6.07, 6.45) is 0. The van der Waals surface area contributed by atoms with Crippen LogP contribution in [0, 0.1) is 6.92 Å². The van der Waals surface area contributed by atoms with E-state index in [1.54, 1.807) is 25.3 Å². The number of nitrogens with one attached hydrogen (secondary N) is 1. The van der Waals surface area contributed by atoms with Gasteiger partial charge in [0.15, 0.2) is 5.58 Å². The largest absolute Gasteiger partial charge is 0.496 e. The lowest BCUT2D eigenvalue weighted by Crippen LogP contribution is -2.13. The molecule has 6 heteroatoms. The monoisotopic (exact) mass is 436 g/mol. The van der Waals surface area contributed by atoms with E-state index in [0.717, 1.165) is 26.7 Å². The first-order valence-corrected chi connectivity index (χ1v) is 9.46. The van der Waals surface area contributed by atoms with Crippen molar-refractivity contribution in [3.63, 3.8) is 0 Å². The zero-order chi connectivity index (χ0) is 19.7. The summed E-state index contributed by atoms with van der Waals surface area (Å²) in [4.78, 5) is 17.2. The Balaban J connectivity index is 1.65. The Kier molecular flexibility index (Phi) is 4.88. The molecule has 1 amide bonds. The van der Waals surface area contributed by atoms with E-state index in [1.165, 1.54) is 0 Å². The fourth-order valence-electron chi connectivity index (χ4n) is 2.99. The Morgan fingerprint density at radius 3 is 2.68 bits per heavy atom. The fourth-order valence-corrected chi connectivity index (χ4v) is 3.53. The number of amides is 1. The summed E-state index contributed by atoms with van der Waals surface area (Å²) in [5, 5.41) is 2.97. The van der Waals surface area contributed by atoms with E-state index in [2.05, 4.69) is 26.2 Å². The Labute approximate surface area is 170 Å². The molecule has 0 saturated heterocycles. The molecule has 1 N–H and O–H groups in total. The van der Waals surface area contributed by atoms with Crippen molar-refractivity contribution in [2.24, 2.45) is 0 Å². The van der Waals surface area contributed by atoms with E-state index in [-0.39, 0.29) is 5.91 Å². The molecular formula is C22H17BrN2O3. The molecule has 28 heavy (non-hydrogen) atoms. The highest BCUT2D eigenvalue weighted by Gasteiger charge is 2.15. The van der Waals surface area contributed by atoms with Gasteiger partial charge in [0.1, 0.15) is 11.3 Å². The third-order valence-corrected chi connectivity index (χ3v) is 5.14. The number of para-hydroxylation sites is 2. The van der Waals surface area contributed by atoms with Gasteiger partial charge < -0.3 is 14.5 Å². The number of benzene rings is 3. The maximum atomic E-state index is 12.7. The Morgan fingerprint density at radius 2 is 1.93 bits per heavy atom. The Bertz CT molecular complexity index is 1150. The second-order valence-corrected chi connectivity index (χ2v) is 7.12. The van der Waals surface area contributed by atoms with Crippen LogP contribution >= 0.6 is 15.9 Å². The second kappa shape index (κ2) is 7.48. The summed E-state index contributed by atoms with van der Waals surface area (Å²) in [5.74, 6) is 0.994. The predicted molar refractivity (Wildman–Crippen MR) is 113 cm³/mol. The van der Waals surface area contributed by atoms with Crippen LogP contribution in [0.1, 0.15) is 15.9 Å². The molecule has 0 saturated carbocycles. The van der Waals surface area contributed by atoms with Crippen molar-refractivity contribution in [1.82, 2.24) is 4.98 Å². The van der Waals surface area contributed by atoms with Gasteiger partial charge in [-0.1, -0.05) is 18.2 Å². The normalized spacial score (nSPS) is 10.8. The Hall–Kier alpha value is -3.12. The van der Waals surface area contributed by atoms with Crippen molar-refractivity contribution < 1.29 is 13.9 Å². The van der Waals surface area contributed by atoms with Gasteiger partial charge in [-0.15, -0.1) is 0 Å². The van der Waals surface area contributed by atoms with Gasteiger partial charge in [0.25, 0.3) is 5.91 Å². The number of carbonyl (C=O) groups is 1. The van der Waals surface area contributed by atoms with E-state index >= 15 is 0 Å². The molecule has 1 heterocycles. The molecule has 140 valence electrons. The summed E-state index contributed by atoms with van der Waals surface area (Å²) in [7, 11) is 1.58.